The van der Waals surface area contributed by atoms with Crippen LogP contribution in [0.15, 0.2) is 83.4 Å². The molecule has 35 heavy (non-hydrogen) atoms. The van der Waals surface area contributed by atoms with E-state index in [2.05, 4.69) is 5.32 Å². The van der Waals surface area contributed by atoms with Crippen molar-refractivity contribution in [1.29, 1.82) is 5.26 Å². The fourth-order valence-electron chi connectivity index (χ4n) is 3.68. The highest BCUT2D eigenvalue weighted by atomic mass is 35.5. The third kappa shape index (κ3) is 5.35. The normalized spacial score (nSPS) is 16.6. The maximum Gasteiger partial charge on any atom is 0.269 e. The molecule has 176 valence electrons. The number of halogens is 1. The molecule has 1 fully saturated rings. The molecular weight excluding hydrogens is 482 g/mol. The first-order valence-electron chi connectivity index (χ1n) is 10.8. The number of nitriles is 1. The summed E-state index contributed by atoms with van der Waals surface area (Å²) in [6, 6.07) is 23.7. The van der Waals surface area contributed by atoms with Gasteiger partial charge < -0.3 is 10.1 Å². The van der Waals surface area contributed by atoms with Gasteiger partial charge in [0.1, 0.15) is 22.4 Å². The van der Waals surface area contributed by atoms with E-state index in [1.54, 1.807) is 31.4 Å². The summed E-state index contributed by atoms with van der Waals surface area (Å²) in [6.07, 6.45) is 0.414. The van der Waals surface area contributed by atoms with Gasteiger partial charge in [-0.3, -0.25) is 14.5 Å². The van der Waals surface area contributed by atoms with Gasteiger partial charge in [0.05, 0.1) is 23.1 Å². The van der Waals surface area contributed by atoms with Gasteiger partial charge in [0.15, 0.2) is 0 Å². The Morgan fingerprint density at radius 2 is 1.89 bits per heavy atom. The smallest absolute Gasteiger partial charge is 0.269 e. The summed E-state index contributed by atoms with van der Waals surface area (Å²) in [5.41, 5.74) is 2.77. The lowest BCUT2D eigenvalue weighted by Gasteiger charge is -2.19. The number of hydrogen-bond acceptors (Lipinski definition) is 5. The van der Waals surface area contributed by atoms with Crippen LogP contribution in [-0.2, 0) is 16.0 Å². The number of ether oxygens (including phenoxy) is 1. The highest BCUT2D eigenvalue weighted by Gasteiger charge is 2.40. The number of carbonyl (C=O) groups excluding carboxylic acids is 2. The number of carbonyl (C=O) groups is 2. The van der Waals surface area contributed by atoms with Crippen molar-refractivity contribution in [3.8, 4) is 11.8 Å². The summed E-state index contributed by atoms with van der Waals surface area (Å²) < 4.78 is 5.30. The molecule has 4 rings (SSSR count). The Morgan fingerprint density at radius 1 is 1.14 bits per heavy atom. The second-order valence-electron chi connectivity index (χ2n) is 7.90. The number of para-hydroxylation sites is 1. The zero-order valence-electron chi connectivity index (χ0n) is 19.1. The standard InChI is InChI=1S/C27H22ClN3O3S/c1-17-10-12-19(13-11-17)31-26(33)24(15-18-6-5-7-20(14-18)34-2)35-27(31)21(16-29)25(32)30-23-9-4-3-8-22(23)28/h3-14,24H,15H2,1-2H3,(H,30,32)/b27-21-. The first kappa shape index (κ1) is 24.4. The van der Waals surface area contributed by atoms with Crippen molar-refractivity contribution in [3.63, 3.8) is 0 Å². The number of methoxy groups -OCH3 is 1. The lowest BCUT2D eigenvalue weighted by Crippen LogP contribution is -2.31. The lowest BCUT2D eigenvalue weighted by atomic mass is 10.1. The van der Waals surface area contributed by atoms with E-state index in [0.29, 0.717) is 33.6 Å². The summed E-state index contributed by atoms with van der Waals surface area (Å²) in [7, 11) is 1.59. The highest BCUT2D eigenvalue weighted by Crippen LogP contribution is 2.42. The third-order valence-corrected chi connectivity index (χ3v) is 7.07. The van der Waals surface area contributed by atoms with Gasteiger partial charge in [0.2, 0.25) is 5.91 Å². The van der Waals surface area contributed by atoms with Crippen LogP contribution in [0.2, 0.25) is 5.02 Å². The number of amides is 2. The molecule has 1 saturated heterocycles. The van der Waals surface area contributed by atoms with Crippen LogP contribution in [0.3, 0.4) is 0 Å². The van der Waals surface area contributed by atoms with Crippen LogP contribution in [0.25, 0.3) is 0 Å². The molecule has 3 aromatic rings. The average molecular weight is 504 g/mol. The summed E-state index contributed by atoms with van der Waals surface area (Å²) in [6.45, 7) is 1.95. The molecule has 3 aromatic carbocycles. The van der Waals surface area contributed by atoms with E-state index in [1.165, 1.54) is 16.7 Å². The van der Waals surface area contributed by atoms with Crippen molar-refractivity contribution in [3.05, 3.63) is 99.5 Å². The Morgan fingerprint density at radius 3 is 2.57 bits per heavy atom. The van der Waals surface area contributed by atoms with Crippen molar-refractivity contribution < 1.29 is 14.3 Å². The summed E-state index contributed by atoms with van der Waals surface area (Å²) in [5.74, 6) is -0.133. The van der Waals surface area contributed by atoms with Gasteiger partial charge in [0, 0.05) is 5.69 Å². The minimum atomic E-state index is -0.630. The number of benzene rings is 3. The van der Waals surface area contributed by atoms with Gasteiger partial charge in [-0.15, -0.1) is 0 Å². The fraction of sp³-hybridized carbons (Fsp3) is 0.148. The molecular formula is C27H22ClN3O3S. The van der Waals surface area contributed by atoms with Crippen molar-refractivity contribution in [2.45, 2.75) is 18.6 Å². The molecule has 0 bridgehead atoms. The summed E-state index contributed by atoms with van der Waals surface area (Å²) >= 11 is 7.39. The Kier molecular flexibility index (Phi) is 7.45. The van der Waals surface area contributed by atoms with Crippen molar-refractivity contribution in [2.24, 2.45) is 0 Å². The predicted octanol–water partition coefficient (Wildman–Crippen LogP) is 5.72. The zero-order chi connectivity index (χ0) is 24.9. The number of hydrogen-bond donors (Lipinski definition) is 1. The monoisotopic (exact) mass is 503 g/mol. The number of aryl methyl sites for hydroxylation is 1. The quantitative estimate of drug-likeness (QED) is 0.343. The molecule has 0 aliphatic carbocycles. The van der Waals surface area contributed by atoms with Crippen LogP contribution >= 0.6 is 23.4 Å². The first-order valence-corrected chi connectivity index (χ1v) is 12.1. The number of nitrogens with one attached hydrogen (secondary N) is 1. The SMILES string of the molecule is COc1cccc(CC2S/C(=C(/C#N)C(=O)Nc3ccccc3Cl)N(c3ccc(C)cc3)C2=O)c1. The third-order valence-electron chi connectivity index (χ3n) is 5.48. The molecule has 0 radical (unpaired) electrons. The number of rotatable bonds is 6. The maximum atomic E-state index is 13.6. The van der Waals surface area contributed by atoms with E-state index in [-0.39, 0.29) is 11.5 Å². The predicted molar refractivity (Wildman–Crippen MR) is 139 cm³/mol. The maximum absolute atomic E-state index is 13.6. The molecule has 0 aromatic heterocycles. The van der Waals surface area contributed by atoms with Crippen LogP contribution in [0.1, 0.15) is 11.1 Å². The van der Waals surface area contributed by atoms with Gasteiger partial charge in [-0.05, 0) is 55.3 Å². The van der Waals surface area contributed by atoms with Gasteiger partial charge in [0.25, 0.3) is 5.91 Å². The van der Waals surface area contributed by atoms with E-state index >= 15 is 0 Å². The topological polar surface area (TPSA) is 82.4 Å². The Hall–Kier alpha value is -3.73. The van der Waals surface area contributed by atoms with Crippen molar-refractivity contribution >= 4 is 46.6 Å². The molecule has 2 amide bonds. The molecule has 1 unspecified atom stereocenters. The minimum Gasteiger partial charge on any atom is -0.497 e. The molecule has 0 saturated carbocycles. The Labute approximate surface area is 213 Å². The van der Waals surface area contributed by atoms with E-state index in [1.807, 2.05) is 61.5 Å². The summed E-state index contributed by atoms with van der Waals surface area (Å²) in [5, 5.41) is 12.8. The second-order valence-corrected chi connectivity index (χ2v) is 9.50. The van der Waals surface area contributed by atoms with E-state index in [4.69, 9.17) is 16.3 Å². The largest absolute Gasteiger partial charge is 0.497 e. The number of nitrogens with zero attached hydrogens (tertiary/aromatic N) is 2. The Balaban J connectivity index is 1.73. The average Bonchev–Trinajstić information content (AvgIpc) is 3.17. The van der Waals surface area contributed by atoms with Gasteiger partial charge >= 0.3 is 0 Å². The Bertz CT molecular complexity index is 1350. The number of thioether (sulfide) groups is 1. The molecule has 1 atom stereocenters. The molecule has 6 nitrogen and oxygen atoms in total. The molecule has 1 aliphatic rings. The van der Waals surface area contributed by atoms with Gasteiger partial charge in [-0.1, -0.05) is 65.3 Å². The highest BCUT2D eigenvalue weighted by molar-refractivity contribution is 8.05. The van der Waals surface area contributed by atoms with Crippen LogP contribution < -0.4 is 15.0 Å². The van der Waals surface area contributed by atoms with Crippen LogP contribution in [0.5, 0.6) is 5.75 Å². The summed E-state index contributed by atoms with van der Waals surface area (Å²) in [4.78, 5) is 28.2. The van der Waals surface area contributed by atoms with E-state index < -0.39 is 11.2 Å². The van der Waals surface area contributed by atoms with E-state index in [9.17, 15) is 14.9 Å². The molecule has 1 N–H and O–H groups in total. The van der Waals surface area contributed by atoms with Crippen LogP contribution in [-0.4, -0.2) is 24.2 Å². The molecule has 1 heterocycles. The minimum absolute atomic E-state index is 0.156. The number of anilines is 2. The zero-order valence-corrected chi connectivity index (χ0v) is 20.7. The first-order chi connectivity index (χ1) is 16.9. The fourth-order valence-corrected chi connectivity index (χ4v) is 5.17. The van der Waals surface area contributed by atoms with E-state index in [0.717, 1.165) is 11.1 Å². The van der Waals surface area contributed by atoms with Crippen LogP contribution in [0, 0.1) is 18.3 Å². The molecule has 0 spiro atoms. The lowest BCUT2D eigenvalue weighted by molar-refractivity contribution is -0.117. The molecule has 8 heteroatoms. The molecule has 1 aliphatic heterocycles. The van der Waals surface area contributed by atoms with Gasteiger partial charge in [-0.25, -0.2) is 0 Å². The van der Waals surface area contributed by atoms with Gasteiger partial charge in [-0.2, -0.15) is 5.26 Å². The van der Waals surface area contributed by atoms with Crippen molar-refractivity contribution in [2.75, 3.05) is 17.3 Å². The van der Waals surface area contributed by atoms with Crippen LogP contribution in [0.4, 0.5) is 11.4 Å². The second kappa shape index (κ2) is 10.7. The van der Waals surface area contributed by atoms with Crippen molar-refractivity contribution in [1.82, 2.24) is 0 Å².